The molecule has 4 heterocycles. The molecule has 2 fully saturated rings. The largest absolute Gasteiger partial charge is 0.368 e. The summed E-state index contributed by atoms with van der Waals surface area (Å²) in [7, 11) is 1.80. The second-order valence-electron chi connectivity index (χ2n) is 8.60. The molecule has 3 aliphatic rings. The van der Waals surface area contributed by atoms with E-state index in [9.17, 15) is 9.59 Å². The Balaban J connectivity index is 1.23. The predicted octanol–water partition coefficient (Wildman–Crippen LogP) is 0.844. The van der Waals surface area contributed by atoms with E-state index in [0.717, 1.165) is 12.2 Å². The first-order chi connectivity index (χ1) is 13.9. The van der Waals surface area contributed by atoms with Gasteiger partial charge in [0.2, 0.25) is 5.91 Å². The smallest absolute Gasteiger partial charge is 0.274 e. The van der Waals surface area contributed by atoms with Gasteiger partial charge in [-0.15, -0.1) is 0 Å². The zero-order valence-electron chi connectivity index (χ0n) is 16.7. The third kappa shape index (κ3) is 3.23. The van der Waals surface area contributed by atoms with Crippen LogP contribution in [0.25, 0.3) is 0 Å². The molecule has 1 saturated heterocycles. The summed E-state index contributed by atoms with van der Waals surface area (Å²) in [6.07, 6.45) is 8.12. The van der Waals surface area contributed by atoms with E-state index in [4.69, 9.17) is 4.74 Å². The van der Waals surface area contributed by atoms with Gasteiger partial charge in [0.1, 0.15) is 17.6 Å². The molecule has 9 heteroatoms. The monoisotopic (exact) mass is 398 g/mol. The maximum Gasteiger partial charge on any atom is 0.274 e. The van der Waals surface area contributed by atoms with Crippen molar-refractivity contribution in [3.05, 3.63) is 36.2 Å². The Bertz CT molecular complexity index is 940. The molecule has 0 bridgehead atoms. The summed E-state index contributed by atoms with van der Waals surface area (Å²) < 4.78 is 9.45. The molecule has 9 nitrogen and oxygen atoms in total. The number of carbonyl (C=O) groups is 2. The Labute approximate surface area is 169 Å². The van der Waals surface area contributed by atoms with Crippen LogP contribution in [-0.4, -0.2) is 61.8 Å². The minimum Gasteiger partial charge on any atom is -0.368 e. The van der Waals surface area contributed by atoms with Crippen LogP contribution >= 0.6 is 0 Å². The van der Waals surface area contributed by atoms with Crippen LogP contribution in [0.3, 0.4) is 0 Å². The molecule has 2 aliphatic heterocycles. The molecule has 154 valence electrons. The molecule has 0 radical (unpaired) electrons. The number of aryl methyl sites for hydroxylation is 1. The number of imidazole rings is 1. The molecule has 2 amide bonds. The second kappa shape index (κ2) is 6.69. The van der Waals surface area contributed by atoms with Crippen LogP contribution in [0.1, 0.15) is 48.5 Å². The number of hydrogen-bond acceptors (Lipinski definition) is 5. The number of nitrogens with one attached hydrogen (secondary N) is 1. The molecule has 1 saturated carbocycles. The minimum absolute atomic E-state index is 0.0625. The molecule has 2 atom stereocenters. The number of rotatable bonds is 6. The number of carbonyl (C=O) groups excluding carboxylic acids is 2. The van der Waals surface area contributed by atoms with Gasteiger partial charge in [-0.2, -0.15) is 5.10 Å². The van der Waals surface area contributed by atoms with E-state index in [1.807, 2.05) is 6.20 Å². The number of fused-ring (bicyclic) bond motifs is 2. The van der Waals surface area contributed by atoms with Crippen molar-refractivity contribution < 1.29 is 14.3 Å². The van der Waals surface area contributed by atoms with Gasteiger partial charge in [-0.1, -0.05) is 0 Å². The van der Waals surface area contributed by atoms with E-state index < -0.39 is 6.10 Å². The topological polar surface area (TPSA) is 94.3 Å². The fourth-order valence-corrected chi connectivity index (χ4v) is 4.37. The van der Waals surface area contributed by atoms with Crippen molar-refractivity contribution in [3.8, 4) is 0 Å². The predicted molar refractivity (Wildman–Crippen MR) is 103 cm³/mol. The Morgan fingerprint density at radius 3 is 2.83 bits per heavy atom. The average Bonchev–Trinajstić information content (AvgIpc) is 3.06. The summed E-state index contributed by atoms with van der Waals surface area (Å²) in [5.74, 6) is 1.30. The number of hydrogen-bond donors (Lipinski definition) is 1. The van der Waals surface area contributed by atoms with Crippen molar-refractivity contribution in [3.63, 3.8) is 0 Å². The fraction of sp³-hybridized carbons (Fsp3) is 0.600. The molecule has 2 aromatic heterocycles. The average molecular weight is 398 g/mol. The summed E-state index contributed by atoms with van der Waals surface area (Å²) in [6, 6.07) is 1.56. The van der Waals surface area contributed by atoms with Crippen LogP contribution in [0.4, 0.5) is 0 Å². The van der Waals surface area contributed by atoms with Crippen LogP contribution in [0.15, 0.2) is 24.7 Å². The second-order valence-corrected chi connectivity index (χ2v) is 8.60. The number of ether oxygens (including phenoxy) is 1. The molecule has 1 aliphatic carbocycles. The summed E-state index contributed by atoms with van der Waals surface area (Å²) in [5.41, 5.74) is 0.240. The van der Waals surface area contributed by atoms with Gasteiger partial charge < -0.3 is 19.5 Å². The van der Waals surface area contributed by atoms with Crippen LogP contribution in [0.5, 0.6) is 0 Å². The molecular weight excluding hydrogens is 372 g/mol. The molecule has 29 heavy (non-hydrogen) atoms. The minimum atomic E-state index is -0.473. The highest BCUT2D eigenvalue weighted by atomic mass is 16.5. The normalized spacial score (nSPS) is 23.0. The third-order valence-electron chi connectivity index (χ3n) is 6.23. The summed E-state index contributed by atoms with van der Waals surface area (Å²) in [6.45, 7) is 3.63. The molecule has 2 unspecified atom stereocenters. The van der Waals surface area contributed by atoms with Gasteiger partial charge in [-0.25, -0.2) is 4.98 Å². The Kier molecular flexibility index (Phi) is 4.23. The van der Waals surface area contributed by atoms with Gasteiger partial charge in [0.15, 0.2) is 0 Å². The lowest BCUT2D eigenvalue weighted by atomic mass is 9.85. The lowest BCUT2D eigenvalue weighted by Crippen LogP contribution is -2.63. The number of aromatic nitrogens is 4. The Hall–Kier alpha value is -2.68. The Morgan fingerprint density at radius 1 is 1.34 bits per heavy atom. The van der Waals surface area contributed by atoms with Crippen molar-refractivity contribution in [1.29, 1.82) is 0 Å². The van der Waals surface area contributed by atoms with E-state index in [-0.39, 0.29) is 23.4 Å². The van der Waals surface area contributed by atoms with Crippen molar-refractivity contribution in [2.45, 2.75) is 43.9 Å². The highest BCUT2D eigenvalue weighted by molar-refractivity contribution is 5.93. The van der Waals surface area contributed by atoms with Crippen LogP contribution in [-0.2, 0) is 22.1 Å². The summed E-state index contributed by atoms with van der Waals surface area (Å²) >= 11 is 0. The quantitative estimate of drug-likeness (QED) is 0.778. The van der Waals surface area contributed by atoms with Crippen molar-refractivity contribution in [2.24, 2.45) is 13.0 Å². The van der Waals surface area contributed by atoms with Crippen LogP contribution in [0, 0.1) is 5.92 Å². The highest BCUT2D eigenvalue weighted by Gasteiger charge is 2.54. The van der Waals surface area contributed by atoms with Crippen molar-refractivity contribution in [2.75, 3.05) is 19.7 Å². The number of amides is 2. The molecule has 5 rings (SSSR count). The van der Waals surface area contributed by atoms with Gasteiger partial charge in [-0.3, -0.25) is 14.3 Å². The first-order valence-electron chi connectivity index (χ1n) is 10.2. The molecule has 0 aromatic carbocycles. The zero-order valence-corrected chi connectivity index (χ0v) is 16.7. The van der Waals surface area contributed by atoms with Gasteiger partial charge in [0, 0.05) is 45.1 Å². The van der Waals surface area contributed by atoms with E-state index >= 15 is 0 Å². The fourth-order valence-electron chi connectivity index (χ4n) is 4.37. The number of likely N-dealkylation sites (tertiary alicyclic amines) is 1. The number of nitrogens with zero attached hydrogens (tertiary/aromatic N) is 5. The van der Waals surface area contributed by atoms with Gasteiger partial charge in [0.25, 0.3) is 5.91 Å². The molecule has 2 aromatic rings. The van der Waals surface area contributed by atoms with E-state index in [0.29, 0.717) is 31.3 Å². The van der Waals surface area contributed by atoms with E-state index in [1.54, 1.807) is 42.0 Å². The third-order valence-corrected chi connectivity index (χ3v) is 6.23. The first-order valence-corrected chi connectivity index (χ1v) is 10.2. The van der Waals surface area contributed by atoms with Crippen LogP contribution in [0.2, 0.25) is 0 Å². The molecule has 1 N–H and O–H groups in total. The van der Waals surface area contributed by atoms with Crippen molar-refractivity contribution in [1.82, 2.24) is 29.5 Å². The lowest BCUT2D eigenvalue weighted by molar-refractivity contribution is -0.133. The lowest BCUT2D eigenvalue weighted by Gasteiger charge is -2.48. The van der Waals surface area contributed by atoms with Gasteiger partial charge in [0.05, 0.1) is 18.2 Å². The molecule has 1 spiro atoms. The maximum absolute atomic E-state index is 12.7. The van der Waals surface area contributed by atoms with Crippen LogP contribution < -0.4 is 5.32 Å². The Morgan fingerprint density at radius 2 is 2.14 bits per heavy atom. The van der Waals surface area contributed by atoms with Gasteiger partial charge >= 0.3 is 0 Å². The van der Waals surface area contributed by atoms with E-state index in [1.165, 1.54) is 12.8 Å². The zero-order chi connectivity index (χ0) is 20.2. The summed E-state index contributed by atoms with van der Waals surface area (Å²) in [4.78, 5) is 31.5. The molecular formula is C20H26N6O3. The summed E-state index contributed by atoms with van der Waals surface area (Å²) in [5, 5.41) is 7.31. The first kappa shape index (κ1) is 18.4. The van der Waals surface area contributed by atoms with Gasteiger partial charge in [-0.05, 0) is 31.7 Å². The standard InChI is InChI=1S/C20H26N6O3/c1-13(29-10-14-3-4-14)18(27)22-16-9-20(26-8-6-21-17(16)26)11-25(12-20)19(28)15-5-7-24(2)23-15/h5-8,13-14,16H,3-4,9-12H2,1-2H3,(H,22,27). The van der Waals surface area contributed by atoms with Crippen molar-refractivity contribution >= 4 is 11.8 Å². The maximum atomic E-state index is 12.7. The SMILES string of the molecule is CC(OCC1CC1)C(=O)NC1CC2(CN(C(=O)c3ccn(C)n3)C2)n2ccnc21. The highest BCUT2D eigenvalue weighted by Crippen LogP contribution is 2.44. The van der Waals surface area contributed by atoms with E-state index in [2.05, 4.69) is 20.0 Å².